The summed E-state index contributed by atoms with van der Waals surface area (Å²) in [5, 5.41) is 1.95. The van der Waals surface area contributed by atoms with Gasteiger partial charge in [-0.05, 0) is 50.9 Å². The van der Waals surface area contributed by atoms with Crippen molar-refractivity contribution in [2.24, 2.45) is 0 Å². The molecule has 0 saturated carbocycles. The Morgan fingerprint density at radius 3 is 2.05 bits per heavy atom. The lowest BCUT2D eigenvalue weighted by molar-refractivity contribution is 0.00578. The van der Waals surface area contributed by atoms with Gasteiger partial charge >= 0.3 is 7.12 Å². The van der Waals surface area contributed by atoms with Crippen molar-refractivity contribution in [1.82, 2.24) is 0 Å². The standard InChI is InChI=1S/C18H21BO3/c1-12(20)13-8-6-10-15-14(13)9-7-11-16(15)19-21-17(2,3)18(4,5)22-19/h6-11H,1-5H3. The number of carbonyl (C=O) groups is 1. The van der Waals surface area contributed by atoms with Gasteiger partial charge in [0.2, 0.25) is 0 Å². The number of Topliss-reactive ketones (excluding diaryl/α,β-unsaturated/α-hetero) is 1. The lowest BCUT2D eigenvalue weighted by Crippen LogP contribution is -2.41. The van der Waals surface area contributed by atoms with Crippen LogP contribution in [0.5, 0.6) is 0 Å². The topological polar surface area (TPSA) is 35.5 Å². The molecule has 1 aliphatic heterocycles. The summed E-state index contributed by atoms with van der Waals surface area (Å²) >= 11 is 0. The van der Waals surface area contributed by atoms with Gasteiger partial charge < -0.3 is 9.31 Å². The molecule has 2 aromatic rings. The zero-order valence-electron chi connectivity index (χ0n) is 13.8. The number of hydrogen-bond donors (Lipinski definition) is 0. The second-order valence-electron chi connectivity index (χ2n) is 6.89. The molecule has 0 aliphatic carbocycles. The fraction of sp³-hybridized carbons (Fsp3) is 0.389. The van der Waals surface area contributed by atoms with Crippen LogP contribution in [0.1, 0.15) is 45.0 Å². The van der Waals surface area contributed by atoms with Crippen LogP contribution >= 0.6 is 0 Å². The van der Waals surface area contributed by atoms with Gasteiger partial charge in [-0.1, -0.05) is 36.4 Å². The molecule has 0 N–H and O–H groups in total. The van der Waals surface area contributed by atoms with E-state index in [1.807, 2.05) is 64.1 Å². The zero-order chi connectivity index (χ0) is 16.1. The number of fused-ring (bicyclic) bond motifs is 1. The largest absolute Gasteiger partial charge is 0.495 e. The van der Waals surface area contributed by atoms with Gasteiger partial charge in [0.15, 0.2) is 5.78 Å². The van der Waals surface area contributed by atoms with Crippen LogP contribution < -0.4 is 5.46 Å². The smallest absolute Gasteiger partial charge is 0.399 e. The van der Waals surface area contributed by atoms with Crippen molar-refractivity contribution in [2.45, 2.75) is 45.8 Å². The highest BCUT2D eigenvalue weighted by atomic mass is 16.7. The van der Waals surface area contributed by atoms with E-state index in [0.29, 0.717) is 0 Å². The van der Waals surface area contributed by atoms with Crippen LogP contribution in [0.2, 0.25) is 0 Å². The molecule has 1 saturated heterocycles. The minimum atomic E-state index is -0.420. The molecule has 0 radical (unpaired) electrons. The van der Waals surface area contributed by atoms with Gasteiger partial charge in [-0.25, -0.2) is 0 Å². The molecule has 1 fully saturated rings. The lowest BCUT2D eigenvalue weighted by atomic mass is 9.75. The normalized spacial score (nSPS) is 19.6. The third-order valence-electron chi connectivity index (χ3n) is 4.84. The Kier molecular flexibility index (Phi) is 3.42. The van der Waals surface area contributed by atoms with E-state index in [2.05, 4.69) is 0 Å². The Hall–Kier alpha value is -1.65. The van der Waals surface area contributed by atoms with Gasteiger partial charge in [0, 0.05) is 5.56 Å². The van der Waals surface area contributed by atoms with Crippen molar-refractivity contribution in [1.29, 1.82) is 0 Å². The van der Waals surface area contributed by atoms with E-state index in [1.165, 1.54) is 0 Å². The molecule has 0 amide bonds. The van der Waals surface area contributed by atoms with Crippen LogP contribution in [0.15, 0.2) is 36.4 Å². The number of carbonyl (C=O) groups excluding carboxylic acids is 1. The maximum absolute atomic E-state index is 11.8. The van der Waals surface area contributed by atoms with Crippen molar-refractivity contribution >= 4 is 29.1 Å². The van der Waals surface area contributed by atoms with E-state index in [9.17, 15) is 4.79 Å². The molecule has 0 atom stereocenters. The first-order valence-electron chi connectivity index (χ1n) is 7.61. The summed E-state index contributed by atoms with van der Waals surface area (Å²) in [6.45, 7) is 9.76. The molecule has 22 heavy (non-hydrogen) atoms. The van der Waals surface area contributed by atoms with E-state index >= 15 is 0 Å². The Bertz CT molecular complexity index is 733. The van der Waals surface area contributed by atoms with E-state index in [0.717, 1.165) is 21.8 Å². The summed E-state index contributed by atoms with van der Waals surface area (Å²) in [5.74, 6) is 0.0664. The molecule has 3 nitrogen and oxygen atoms in total. The SMILES string of the molecule is CC(=O)c1cccc2c(B3OC(C)(C)C(C)(C)O3)cccc12. The highest BCUT2D eigenvalue weighted by molar-refractivity contribution is 6.65. The summed E-state index contributed by atoms with van der Waals surface area (Å²) in [5.41, 5.74) is 0.950. The van der Waals surface area contributed by atoms with Gasteiger partial charge in [-0.15, -0.1) is 0 Å². The molecule has 0 aromatic heterocycles. The van der Waals surface area contributed by atoms with Crippen LogP contribution in [-0.4, -0.2) is 24.1 Å². The van der Waals surface area contributed by atoms with Gasteiger partial charge in [0.1, 0.15) is 0 Å². The molecule has 114 valence electrons. The van der Waals surface area contributed by atoms with E-state index in [1.54, 1.807) is 6.92 Å². The van der Waals surface area contributed by atoms with Crippen LogP contribution in [-0.2, 0) is 9.31 Å². The van der Waals surface area contributed by atoms with Crippen molar-refractivity contribution in [3.8, 4) is 0 Å². The summed E-state index contributed by atoms with van der Waals surface area (Å²) in [7, 11) is -0.420. The number of rotatable bonds is 2. The van der Waals surface area contributed by atoms with Crippen molar-refractivity contribution < 1.29 is 14.1 Å². The van der Waals surface area contributed by atoms with E-state index < -0.39 is 7.12 Å². The van der Waals surface area contributed by atoms with Gasteiger partial charge in [-0.3, -0.25) is 4.79 Å². The fourth-order valence-corrected chi connectivity index (χ4v) is 2.82. The lowest BCUT2D eigenvalue weighted by Gasteiger charge is -2.32. The molecule has 3 rings (SSSR count). The number of ketones is 1. The first-order chi connectivity index (χ1) is 10.2. The van der Waals surface area contributed by atoms with Crippen LogP contribution in [0.3, 0.4) is 0 Å². The molecule has 0 unspecified atom stereocenters. The summed E-state index contributed by atoms with van der Waals surface area (Å²) < 4.78 is 12.3. The predicted molar refractivity (Wildman–Crippen MR) is 89.7 cm³/mol. The van der Waals surface area contributed by atoms with Crippen LogP contribution in [0.25, 0.3) is 10.8 Å². The first-order valence-corrected chi connectivity index (χ1v) is 7.61. The Morgan fingerprint density at radius 1 is 0.909 bits per heavy atom. The Labute approximate surface area is 131 Å². The number of benzene rings is 2. The molecule has 1 heterocycles. The molecule has 0 spiro atoms. The van der Waals surface area contributed by atoms with Crippen LogP contribution in [0, 0.1) is 0 Å². The molecular weight excluding hydrogens is 275 g/mol. The summed E-state index contributed by atoms with van der Waals surface area (Å²) in [6.07, 6.45) is 0. The van der Waals surface area contributed by atoms with Gasteiger partial charge in [-0.2, -0.15) is 0 Å². The third-order valence-corrected chi connectivity index (χ3v) is 4.84. The van der Waals surface area contributed by atoms with E-state index in [4.69, 9.17) is 9.31 Å². The molecule has 2 aromatic carbocycles. The fourth-order valence-electron chi connectivity index (χ4n) is 2.82. The highest BCUT2D eigenvalue weighted by Gasteiger charge is 2.52. The van der Waals surface area contributed by atoms with Crippen molar-refractivity contribution in [3.05, 3.63) is 42.0 Å². The second kappa shape index (κ2) is 4.93. The average Bonchev–Trinajstić information content (AvgIpc) is 2.65. The third kappa shape index (κ3) is 2.27. The maximum atomic E-state index is 11.8. The monoisotopic (exact) mass is 296 g/mol. The van der Waals surface area contributed by atoms with E-state index in [-0.39, 0.29) is 17.0 Å². The first kappa shape index (κ1) is 15.3. The molecule has 1 aliphatic rings. The highest BCUT2D eigenvalue weighted by Crippen LogP contribution is 2.37. The second-order valence-corrected chi connectivity index (χ2v) is 6.89. The Balaban J connectivity index is 2.14. The minimum absolute atomic E-state index is 0.0664. The van der Waals surface area contributed by atoms with Crippen molar-refractivity contribution in [2.75, 3.05) is 0 Å². The summed E-state index contributed by atoms with van der Waals surface area (Å²) in [6, 6.07) is 11.7. The zero-order valence-corrected chi connectivity index (χ0v) is 13.8. The molecule has 0 bridgehead atoms. The summed E-state index contributed by atoms with van der Waals surface area (Å²) in [4.78, 5) is 11.8. The average molecular weight is 296 g/mol. The van der Waals surface area contributed by atoms with Crippen molar-refractivity contribution in [3.63, 3.8) is 0 Å². The minimum Gasteiger partial charge on any atom is -0.399 e. The predicted octanol–water partition coefficient (Wildman–Crippen LogP) is 3.34. The van der Waals surface area contributed by atoms with Gasteiger partial charge in [0.05, 0.1) is 11.2 Å². The molecular formula is C18H21BO3. The van der Waals surface area contributed by atoms with Gasteiger partial charge in [0.25, 0.3) is 0 Å². The van der Waals surface area contributed by atoms with Crippen LogP contribution in [0.4, 0.5) is 0 Å². The quantitative estimate of drug-likeness (QED) is 0.630. The number of hydrogen-bond acceptors (Lipinski definition) is 3. The Morgan fingerprint density at radius 2 is 1.45 bits per heavy atom. The molecule has 4 heteroatoms. The maximum Gasteiger partial charge on any atom is 0.495 e.